The lowest BCUT2D eigenvalue weighted by molar-refractivity contribution is 0.435. The Bertz CT molecular complexity index is 246. The van der Waals surface area contributed by atoms with Gasteiger partial charge in [0.25, 0.3) is 0 Å². The molecule has 1 unspecified atom stereocenters. The van der Waals surface area contributed by atoms with Crippen LogP contribution in [0.1, 0.15) is 51.8 Å². The molecule has 0 saturated heterocycles. The monoisotopic (exact) mass is 227 g/mol. The SMILES string of the molecule is CCCNC(CCC(C)C)c1cnsn1. The Hall–Kier alpha value is -0.480. The van der Waals surface area contributed by atoms with E-state index in [1.807, 2.05) is 6.20 Å². The van der Waals surface area contributed by atoms with E-state index < -0.39 is 0 Å². The minimum absolute atomic E-state index is 0.395. The third-order valence-electron chi connectivity index (χ3n) is 2.41. The van der Waals surface area contributed by atoms with Crippen molar-refractivity contribution in [1.82, 2.24) is 14.1 Å². The molecule has 4 heteroatoms. The van der Waals surface area contributed by atoms with Crippen molar-refractivity contribution in [2.24, 2.45) is 5.92 Å². The molecule has 15 heavy (non-hydrogen) atoms. The van der Waals surface area contributed by atoms with E-state index in [1.165, 1.54) is 18.1 Å². The Morgan fingerprint density at radius 3 is 2.73 bits per heavy atom. The highest BCUT2D eigenvalue weighted by Gasteiger charge is 2.13. The highest BCUT2D eigenvalue weighted by Crippen LogP contribution is 2.19. The Morgan fingerprint density at radius 1 is 1.40 bits per heavy atom. The van der Waals surface area contributed by atoms with Crippen LogP contribution in [0.2, 0.25) is 0 Å². The molecule has 3 nitrogen and oxygen atoms in total. The zero-order valence-corrected chi connectivity index (χ0v) is 10.7. The van der Waals surface area contributed by atoms with Crippen LogP contribution in [-0.2, 0) is 0 Å². The largest absolute Gasteiger partial charge is 0.309 e. The average molecular weight is 227 g/mol. The van der Waals surface area contributed by atoms with E-state index in [1.54, 1.807) is 0 Å². The predicted molar refractivity (Wildman–Crippen MR) is 65.0 cm³/mol. The first kappa shape index (κ1) is 12.6. The van der Waals surface area contributed by atoms with Crippen molar-refractivity contribution in [3.05, 3.63) is 11.9 Å². The first-order chi connectivity index (χ1) is 7.24. The number of aromatic nitrogens is 2. The van der Waals surface area contributed by atoms with E-state index in [0.29, 0.717) is 6.04 Å². The van der Waals surface area contributed by atoms with Crippen molar-refractivity contribution in [3.63, 3.8) is 0 Å². The highest BCUT2D eigenvalue weighted by molar-refractivity contribution is 6.99. The van der Waals surface area contributed by atoms with Gasteiger partial charge in [-0.15, -0.1) is 0 Å². The molecule has 86 valence electrons. The van der Waals surface area contributed by atoms with Gasteiger partial charge in [-0.3, -0.25) is 0 Å². The van der Waals surface area contributed by atoms with Gasteiger partial charge in [0, 0.05) is 0 Å². The molecule has 0 fully saturated rings. The maximum absolute atomic E-state index is 4.32. The molecular formula is C11H21N3S. The quantitative estimate of drug-likeness (QED) is 0.778. The zero-order valence-electron chi connectivity index (χ0n) is 9.86. The van der Waals surface area contributed by atoms with Gasteiger partial charge < -0.3 is 5.32 Å². The molecule has 1 rings (SSSR count). The zero-order chi connectivity index (χ0) is 11.1. The molecule has 0 aliphatic heterocycles. The van der Waals surface area contributed by atoms with E-state index >= 15 is 0 Å². The lowest BCUT2D eigenvalue weighted by Crippen LogP contribution is -2.22. The van der Waals surface area contributed by atoms with Gasteiger partial charge in [0.05, 0.1) is 29.7 Å². The van der Waals surface area contributed by atoms with Gasteiger partial charge >= 0.3 is 0 Å². The van der Waals surface area contributed by atoms with Crippen molar-refractivity contribution in [2.45, 2.75) is 46.1 Å². The van der Waals surface area contributed by atoms with Crippen LogP contribution in [0.4, 0.5) is 0 Å². The summed E-state index contributed by atoms with van der Waals surface area (Å²) in [5, 5.41) is 3.53. The third kappa shape index (κ3) is 4.71. The highest BCUT2D eigenvalue weighted by atomic mass is 32.1. The Morgan fingerprint density at radius 2 is 2.20 bits per heavy atom. The molecule has 0 radical (unpaired) electrons. The molecule has 0 spiro atoms. The first-order valence-electron chi connectivity index (χ1n) is 5.74. The predicted octanol–water partition coefficient (Wildman–Crippen LogP) is 3.02. The van der Waals surface area contributed by atoms with Crippen LogP contribution in [0.5, 0.6) is 0 Å². The molecule has 1 aromatic heterocycles. The topological polar surface area (TPSA) is 37.8 Å². The van der Waals surface area contributed by atoms with Crippen LogP contribution < -0.4 is 5.32 Å². The van der Waals surface area contributed by atoms with Gasteiger partial charge in [-0.25, -0.2) is 0 Å². The molecule has 1 heterocycles. The molecule has 1 N–H and O–H groups in total. The molecule has 1 atom stereocenters. The van der Waals surface area contributed by atoms with E-state index in [9.17, 15) is 0 Å². The summed E-state index contributed by atoms with van der Waals surface area (Å²) in [6.07, 6.45) is 5.44. The van der Waals surface area contributed by atoms with Crippen molar-refractivity contribution >= 4 is 11.7 Å². The molecule has 0 bridgehead atoms. The molecule has 0 aliphatic carbocycles. The van der Waals surface area contributed by atoms with E-state index in [0.717, 1.165) is 31.0 Å². The van der Waals surface area contributed by atoms with Crippen LogP contribution in [0.25, 0.3) is 0 Å². The number of hydrogen-bond acceptors (Lipinski definition) is 4. The summed E-state index contributed by atoms with van der Waals surface area (Å²) in [5.41, 5.74) is 1.11. The molecule has 0 saturated carbocycles. The van der Waals surface area contributed by atoms with Gasteiger partial charge in [-0.05, 0) is 31.7 Å². The van der Waals surface area contributed by atoms with Gasteiger partial charge in [0.2, 0.25) is 0 Å². The Labute approximate surface area is 96.6 Å². The van der Waals surface area contributed by atoms with Crippen LogP contribution in [0.3, 0.4) is 0 Å². The van der Waals surface area contributed by atoms with Crippen LogP contribution in [-0.4, -0.2) is 15.3 Å². The lowest BCUT2D eigenvalue weighted by Gasteiger charge is -2.16. The summed E-state index contributed by atoms with van der Waals surface area (Å²) in [5.74, 6) is 0.752. The fraction of sp³-hybridized carbons (Fsp3) is 0.818. The Kier molecular flexibility index (Phi) is 5.79. The summed E-state index contributed by atoms with van der Waals surface area (Å²) in [6.45, 7) is 7.76. The van der Waals surface area contributed by atoms with Crippen LogP contribution in [0.15, 0.2) is 6.20 Å². The van der Waals surface area contributed by atoms with Gasteiger partial charge in [0.15, 0.2) is 0 Å². The fourth-order valence-electron chi connectivity index (χ4n) is 1.50. The first-order valence-corrected chi connectivity index (χ1v) is 6.48. The van der Waals surface area contributed by atoms with E-state index in [4.69, 9.17) is 0 Å². The summed E-state index contributed by atoms with van der Waals surface area (Å²) >= 11 is 1.30. The van der Waals surface area contributed by atoms with Gasteiger partial charge in [-0.2, -0.15) is 8.75 Å². The second-order valence-electron chi connectivity index (χ2n) is 4.31. The lowest BCUT2D eigenvalue weighted by atomic mass is 10.0. The second kappa shape index (κ2) is 6.90. The summed E-state index contributed by atoms with van der Waals surface area (Å²) in [4.78, 5) is 0. The minimum Gasteiger partial charge on any atom is -0.309 e. The molecule has 1 aromatic rings. The molecule has 0 aliphatic rings. The summed E-state index contributed by atoms with van der Waals surface area (Å²) < 4.78 is 8.38. The van der Waals surface area contributed by atoms with Gasteiger partial charge in [0.1, 0.15) is 0 Å². The normalized spacial score (nSPS) is 13.3. The van der Waals surface area contributed by atoms with Crippen molar-refractivity contribution < 1.29 is 0 Å². The molecular weight excluding hydrogens is 206 g/mol. The fourth-order valence-corrected chi connectivity index (χ4v) is 1.97. The van der Waals surface area contributed by atoms with Crippen LogP contribution in [0, 0.1) is 5.92 Å². The number of nitrogens with zero attached hydrogens (tertiary/aromatic N) is 2. The molecule has 0 aromatic carbocycles. The minimum atomic E-state index is 0.395. The summed E-state index contributed by atoms with van der Waals surface area (Å²) in [7, 11) is 0. The average Bonchev–Trinajstić information content (AvgIpc) is 2.71. The second-order valence-corrected chi connectivity index (χ2v) is 4.87. The summed E-state index contributed by atoms with van der Waals surface area (Å²) in [6, 6.07) is 0.395. The molecule has 0 amide bonds. The third-order valence-corrected chi connectivity index (χ3v) is 2.90. The van der Waals surface area contributed by atoms with Crippen molar-refractivity contribution in [2.75, 3.05) is 6.54 Å². The number of nitrogens with one attached hydrogen (secondary N) is 1. The van der Waals surface area contributed by atoms with Crippen molar-refractivity contribution in [3.8, 4) is 0 Å². The Balaban J connectivity index is 2.46. The van der Waals surface area contributed by atoms with Crippen molar-refractivity contribution in [1.29, 1.82) is 0 Å². The van der Waals surface area contributed by atoms with E-state index in [-0.39, 0.29) is 0 Å². The smallest absolute Gasteiger partial charge is 0.0912 e. The number of rotatable bonds is 7. The van der Waals surface area contributed by atoms with Gasteiger partial charge in [-0.1, -0.05) is 20.8 Å². The number of hydrogen-bond donors (Lipinski definition) is 1. The maximum atomic E-state index is 4.32. The standard InChI is InChI=1S/C11H21N3S/c1-4-7-12-10(6-5-9(2)3)11-8-13-15-14-11/h8-10,12H,4-7H2,1-3H3. The van der Waals surface area contributed by atoms with E-state index in [2.05, 4.69) is 34.8 Å². The maximum Gasteiger partial charge on any atom is 0.0912 e. The van der Waals surface area contributed by atoms with Crippen LogP contribution >= 0.6 is 11.7 Å².